The molecule has 2 heterocycles. The van der Waals surface area contributed by atoms with Crippen LogP contribution in [0.1, 0.15) is 34.1 Å². The van der Waals surface area contributed by atoms with E-state index in [-0.39, 0.29) is 18.0 Å². The molecule has 1 aromatic heterocycles. The topological polar surface area (TPSA) is 92.8 Å². The number of sulfonamides is 1. The Kier molecular flexibility index (Phi) is 4.75. The summed E-state index contributed by atoms with van der Waals surface area (Å²) in [6, 6.07) is 10.4. The average molecular weight is 457 g/mol. The van der Waals surface area contributed by atoms with Crippen LogP contribution in [0.2, 0.25) is 0 Å². The normalized spacial score (nSPS) is 15.8. The maximum absolute atomic E-state index is 13.1. The molecule has 3 aromatic rings. The molecule has 0 fully saturated rings. The van der Waals surface area contributed by atoms with Crippen LogP contribution in [-0.4, -0.2) is 33.4 Å². The van der Waals surface area contributed by atoms with Crippen molar-refractivity contribution >= 4 is 54.7 Å². The highest BCUT2D eigenvalue weighted by Gasteiger charge is 2.37. The molecule has 0 atom stereocenters. The summed E-state index contributed by atoms with van der Waals surface area (Å²) in [7, 11) is -3.83. The molecule has 9 heteroatoms. The van der Waals surface area contributed by atoms with Gasteiger partial charge in [-0.25, -0.2) is 13.2 Å². The Morgan fingerprint density at radius 3 is 2.71 bits per heavy atom. The number of aryl methyl sites for hydroxylation is 1. The zero-order valence-corrected chi connectivity index (χ0v) is 18.4. The lowest BCUT2D eigenvalue weighted by Gasteiger charge is -2.18. The van der Waals surface area contributed by atoms with E-state index in [2.05, 4.69) is 5.32 Å². The van der Waals surface area contributed by atoms with Gasteiger partial charge in [-0.05, 0) is 49.3 Å². The highest BCUT2D eigenvalue weighted by atomic mass is 32.2. The minimum absolute atomic E-state index is 0.204. The Morgan fingerprint density at radius 2 is 1.94 bits per heavy atom. The molecule has 7 nitrogen and oxygen atoms in total. The smallest absolute Gasteiger partial charge is 0.341 e. The van der Waals surface area contributed by atoms with E-state index in [0.717, 1.165) is 39.4 Å². The molecule has 1 aliphatic heterocycles. The lowest BCUT2D eigenvalue weighted by Crippen LogP contribution is -2.35. The lowest BCUT2D eigenvalue weighted by atomic mass is 10.1. The summed E-state index contributed by atoms with van der Waals surface area (Å²) >= 11 is 1.37. The third-order valence-electron chi connectivity index (χ3n) is 5.62. The number of carbonyl (C=O) groups excluding carboxylic acids is 2. The second kappa shape index (κ2) is 7.35. The molecule has 0 spiro atoms. The van der Waals surface area contributed by atoms with Gasteiger partial charge in [0.25, 0.3) is 10.0 Å². The number of carbonyl (C=O) groups is 2. The number of hydrogen-bond donors (Lipinski definition) is 1. The fourth-order valence-corrected chi connectivity index (χ4v) is 7.30. The minimum Gasteiger partial charge on any atom is -0.462 e. The summed E-state index contributed by atoms with van der Waals surface area (Å²) in [5.74, 6) is -0.956. The zero-order chi connectivity index (χ0) is 21.8. The molecule has 2 aliphatic rings. The number of nitrogens with one attached hydrogen (secondary N) is 1. The molecule has 0 unspecified atom stereocenters. The molecule has 0 saturated carbocycles. The number of fused-ring (bicyclic) bond motifs is 1. The number of benzene rings is 2. The standard InChI is InChI=1S/C22H20N2O5S2/c1-2-29-22(26)20-14-8-5-10-16(14)30-21(20)23-18(25)12-24-15-9-3-6-13-7-4-11-17(19(13)15)31(24,27)28/h3-4,6-7,9,11H,2,5,8,10,12H2,1H3,(H,23,25). The third-order valence-corrected chi connectivity index (χ3v) is 8.63. The van der Waals surface area contributed by atoms with Gasteiger partial charge in [-0.1, -0.05) is 24.3 Å². The summed E-state index contributed by atoms with van der Waals surface area (Å²) in [4.78, 5) is 26.7. The van der Waals surface area contributed by atoms with Crippen LogP contribution < -0.4 is 9.62 Å². The molecular formula is C22H20N2O5S2. The van der Waals surface area contributed by atoms with E-state index in [4.69, 9.17) is 4.74 Å². The van der Waals surface area contributed by atoms with Gasteiger partial charge in [0.15, 0.2) is 0 Å². The Morgan fingerprint density at radius 1 is 1.16 bits per heavy atom. The van der Waals surface area contributed by atoms with Crippen LogP contribution in [0.4, 0.5) is 10.7 Å². The van der Waals surface area contributed by atoms with Crippen LogP contribution in [0.25, 0.3) is 10.8 Å². The van der Waals surface area contributed by atoms with Crippen molar-refractivity contribution in [2.45, 2.75) is 31.1 Å². The van der Waals surface area contributed by atoms with Gasteiger partial charge in [0.2, 0.25) is 5.91 Å². The quantitative estimate of drug-likeness (QED) is 0.591. The number of ether oxygens (including phenoxy) is 1. The van der Waals surface area contributed by atoms with Crippen molar-refractivity contribution in [3.05, 3.63) is 52.4 Å². The number of nitrogens with zero attached hydrogens (tertiary/aromatic N) is 1. The first-order chi connectivity index (χ1) is 14.9. The first-order valence-electron chi connectivity index (χ1n) is 10.1. The monoisotopic (exact) mass is 456 g/mol. The Labute approximate surface area is 183 Å². The predicted molar refractivity (Wildman–Crippen MR) is 119 cm³/mol. The summed E-state index contributed by atoms with van der Waals surface area (Å²) in [5.41, 5.74) is 1.83. The molecule has 1 amide bonds. The molecule has 0 saturated heterocycles. The van der Waals surface area contributed by atoms with Gasteiger partial charge in [0, 0.05) is 10.3 Å². The Balaban J connectivity index is 1.45. The van der Waals surface area contributed by atoms with Crippen LogP contribution in [0.5, 0.6) is 0 Å². The predicted octanol–water partition coefficient (Wildman–Crippen LogP) is 3.71. The maximum Gasteiger partial charge on any atom is 0.341 e. The first kappa shape index (κ1) is 20.0. The third kappa shape index (κ3) is 3.11. The largest absolute Gasteiger partial charge is 0.462 e. The summed E-state index contributed by atoms with van der Waals surface area (Å²) in [6.07, 6.45) is 2.60. The first-order valence-corrected chi connectivity index (χ1v) is 12.3. The van der Waals surface area contributed by atoms with E-state index in [9.17, 15) is 18.0 Å². The van der Waals surface area contributed by atoms with Gasteiger partial charge in [0.1, 0.15) is 11.5 Å². The van der Waals surface area contributed by atoms with Crippen molar-refractivity contribution in [2.24, 2.45) is 0 Å². The summed E-state index contributed by atoms with van der Waals surface area (Å²) < 4.78 is 32.5. The highest BCUT2D eigenvalue weighted by molar-refractivity contribution is 7.93. The number of amides is 1. The van der Waals surface area contributed by atoms with E-state index >= 15 is 0 Å². The minimum atomic E-state index is -3.83. The highest BCUT2D eigenvalue weighted by Crippen LogP contribution is 2.42. The van der Waals surface area contributed by atoms with Crippen LogP contribution in [0.15, 0.2) is 41.3 Å². The van der Waals surface area contributed by atoms with Gasteiger partial charge >= 0.3 is 5.97 Å². The van der Waals surface area contributed by atoms with Crippen molar-refractivity contribution in [3.8, 4) is 0 Å². The van der Waals surface area contributed by atoms with E-state index in [0.29, 0.717) is 21.6 Å². The van der Waals surface area contributed by atoms with Gasteiger partial charge in [-0.15, -0.1) is 11.3 Å². The lowest BCUT2D eigenvalue weighted by molar-refractivity contribution is -0.114. The molecule has 31 heavy (non-hydrogen) atoms. The van der Waals surface area contributed by atoms with E-state index < -0.39 is 21.9 Å². The molecule has 0 bridgehead atoms. The van der Waals surface area contributed by atoms with Crippen LogP contribution in [-0.2, 0) is 32.4 Å². The fraction of sp³-hybridized carbons (Fsp3) is 0.273. The Hall–Kier alpha value is -2.91. The zero-order valence-electron chi connectivity index (χ0n) is 16.8. The van der Waals surface area contributed by atoms with E-state index in [1.165, 1.54) is 11.3 Å². The second-order valence-electron chi connectivity index (χ2n) is 7.47. The molecular weight excluding hydrogens is 436 g/mol. The number of hydrogen-bond acceptors (Lipinski definition) is 6. The summed E-state index contributed by atoms with van der Waals surface area (Å²) in [6.45, 7) is 1.60. The van der Waals surface area contributed by atoms with Crippen molar-refractivity contribution in [1.29, 1.82) is 0 Å². The molecule has 2 aromatic carbocycles. The van der Waals surface area contributed by atoms with Crippen LogP contribution >= 0.6 is 11.3 Å². The molecule has 1 aliphatic carbocycles. The van der Waals surface area contributed by atoms with Crippen molar-refractivity contribution in [1.82, 2.24) is 0 Å². The molecule has 1 N–H and O–H groups in total. The SMILES string of the molecule is CCOC(=O)c1c(NC(=O)CN2c3cccc4cccc(c34)S2(=O)=O)sc2c1CCC2. The van der Waals surface area contributed by atoms with Crippen LogP contribution in [0, 0.1) is 0 Å². The van der Waals surface area contributed by atoms with Gasteiger partial charge < -0.3 is 10.1 Å². The number of thiophene rings is 1. The molecule has 0 radical (unpaired) electrons. The van der Waals surface area contributed by atoms with Crippen molar-refractivity contribution in [3.63, 3.8) is 0 Å². The summed E-state index contributed by atoms with van der Waals surface area (Å²) in [5, 5.41) is 4.64. The Bertz CT molecular complexity index is 1340. The average Bonchev–Trinajstić information content (AvgIpc) is 3.37. The molecule has 160 valence electrons. The van der Waals surface area contributed by atoms with E-state index in [1.807, 2.05) is 12.1 Å². The van der Waals surface area contributed by atoms with Gasteiger partial charge in [-0.3, -0.25) is 9.10 Å². The number of rotatable bonds is 5. The van der Waals surface area contributed by atoms with Crippen molar-refractivity contribution in [2.75, 3.05) is 22.8 Å². The number of esters is 1. The van der Waals surface area contributed by atoms with Gasteiger partial charge in [-0.2, -0.15) is 0 Å². The number of anilines is 2. The second-order valence-corrected chi connectivity index (χ2v) is 10.4. The van der Waals surface area contributed by atoms with Crippen molar-refractivity contribution < 1.29 is 22.7 Å². The molecule has 5 rings (SSSR count). The fourth-order valence-electron chi connectivity index (χ4n) is 4.34. The van der Waals surface area contributed by atoms with Gasteiger partial charge in [0.05, 0.1) is 22.8 Å². The van der Waals surface area contributed by atoms with E-state index in [1.54, 1.807) is 31.2 Å². The van der Waals surface area contributed by atoms with Crippen LogP contribution in [0.3, 0.4) is 0 Å². The maximum atomic E-state index is 13.1.